The summed E-state index contributed by atoms with van der Waals surface area (Å²) in [7, 11) is 4.53. The number of nitrogens with zero attached hydrogens (tertiary/aromatic N) is 1. The lowest BCUT2D eigenvalue weighted by Crippen LogP contribution is -2.54. The van der Waals surface area contributed by atoms with Crippen LogP contribution in [-0.4, -0.2) is 21.3 Å². The molecule has 0 unspecified atom stereocenters. The van der Waals surface area contributed by atoms with Gasteiger partial charge in [0.2, 0.25) is 0 Å². The van der Waals surface area contributed by atoms with Crippen molar-refractivity contribution in [2.45, 2.75) is 0 Å². The molecule has 1 aromatic rings. The van der Waals surface area contributed by atoms with Crippen molar-refractivity contribution in [3.05, 3.63) is 17.7 Å². The van der Waals surface area contributed by atoms with E-state index in [-0.39, 0.29) is 0 Å². The van der Waals surface area contributed by atoms with E-state index in [4.69, 9.17) is 19.7 Å². The van der Waals surface area contributed by atoms with Crippen LogP contribution in [0.1, 0.15) is 0 Å². The lowest BCUT2D eigenvalue weighted by Gasteiger charge is -2.08. The second-order valence-electron chi connectivity index (χ2n) is 2.52. The number of nitrogens with one attached hydrogen (secondary N) is 1. The third-order valence-electron chi connectivity index (χ3n) is 1.83. The van der Waals surface area contributed by atoms with E-state index in [1.165, 1.54) is 14.2 Å². The quantitative estimate of drug-likeness (QED) is 0.711. The van der Waals surface area contributed by atoms with Gasteiger partial charge in [-0.05, 0) is 0 Å². The van der Waals surface area contributed by atoms with Crippen molar-refractivity contribution >= 4 is 5.69 Å². The Hall–Kier alpha value is -1.78. The number of benzene rings is 1. The fourth-order valence-electron chi connectivity index (χ4n) is 1.12. The second kappa shape index (κ2) is 4.45. The Labute approximate surface area is 82.1 Å². The van der Waals surface area contributed by atoms with E-state index in [1.807, 2.05) is 5.11 Å². The predicted molar refractivity (Wildman–Crippen MR) is 50.1 cm³/mol. The molecule has 0 saturated carbocycles. The van der Waals surface area contributed by atoms with Crippen LogP contribution in [0.15, 0.2) is 12.1 Å². The molecule has 0 atom stereocenters. The summed E-state index contributed by atoms with van der Waals surface area (Å²) >= 11 is 0. The first-order valence-electron chi connectivity index (χ1n) is 3.97. The van der Waals surface area contributed by atoms with E-state index in [0.29, 0.717) is 22.9 Å². The summed E-state index contributed by atoms with van der Waals surface area (Å²) in [5.41, 5.74) is 9.25. The minimum Gasteiger partial charge on any atom is -0.502 e. The van der Waals surface area contributed by atoms with Gasteiger partial charge in [0, 0.05) is 12.1 Å². The molecular formula is C9H12N2O3. The summed E-state index contributed by atoms with van der Waals surface area (Å²) in [5.74, 6) is 1.49. The van der Waals surface area contributed by atoms with Gasteiger partial charge in [0.05, 0.1) is 21.3 Å². The summed E-state index contributed by atoms with van der Waals surface area (Å²) < 4.78 is 15.1. The van der Waals surface area contributed by atoms with Gasteiger partial charge in [-0.15, -0.1) is 0 Å². The molecule has 5 nitrogen and oxygen atoms in total. The van der Waals surface area contributed by atoms with Gasteiger partial charge in [-0.2, -0.15) is 0 Å². The first kappa shape index (κ1) is 10.3. The molecule has 0 aromatic heterocycles. The third kappa shape index (κ3) is 1.76. The fourth-order valence-corrected chi connectivity index (χ4v) is 1.12. The monoisotopic (exact) mass is 196 g/mol. The van der Waals surface area contributed by atoms with Crippen molar-refractivity contribution in [1.29, 1.82) is 0 Å². The predicted octanol–water partition coefficient (Wildman–Crippen LogP) is 0.446. The maximum Gasteiger partial charge on any atom is 0.277 e. The largest absolute Gasteiger partial charge is 0.502 e. The molecule has 0 fully saturated rings. The van der Waals surface area contributed by atoms with Gasteiger partial charge in [-0.3, -0.25) is 5.11 Å². The van der Waals surface area contributed by atoms with Gasteiger partial charge in [0.15, 0.2) is 11.5 Å². The number of ether oxygens (including phenoxy) is 3. The standard InChI is InChI=1S/C9H12N2O3/c1-12-6-4-7(13-2)9(11-10)8(5-6)14-3/h4-5,11H,1-3H3. The van der Waals surface area contributed by atoms with Crippen LogP contribution in [0.3, 0.4) is 0 Å². The molecule has 1 rings (SSSR count). The Morgan fingerprint density at radius 3 is 1.79 bits per heavy atom. The lowest BCUT2D eigenvalue weighted by molar-refractivity contribution is -0.381. The lowest BCUT2D eigenvalue weighted by atomic mass is 10.2. The van der Waals surface area contributed by atoms with Crippen LogP contribution in [0, 0.1) is 0 Å². The summed E-state index contributed by atoms with van der Waals surface area (Å²) in [6, 6.07) is 3.28. The van der Waals surface area contributed by atoms with E-state index in [0.717, 1.165) is 0 Å². The average Bonchev–Trinajstić information content (AvgIpc) is 2.26. The zero-order chi connectivity index (χ0) is 10.6. The van der Waals surface area contributed by atoms with E-state index in [9.17, 15) is 0 Å². The SMILES string of the molecule is COc1cc(OC)c([NH+]=[N-])c(OC)c1. The van der Waals surface area contributed by atoms with Crippen LogP contribution in [-0.2, 0) is 0 Å². The third-order valence-corrected chi connectivity index (χ3v) is 1.83. The first-order chi connectivity index (χ1) is 6.76. The number of methoxy groups -OCH3 is 3. The molecule has 0 heterocycles. The Balaban J connectivity index is 3.31. The highest BCUT2D eigenvalue weighted by molar-refractivity contribution is 5.60. The van der Waals surface area contributed by atoms with Crippen LogP contribution < -0.4 is 19.3 Å². The van der Waals surface area contributed by atoms with Crippen molar-refractivity contribution in [3.8, 4) is 17.2 Å². The van der Waals surface area contributed by atoms with Gasteiger partial charge >= 0.3 is 0 Å². The molecule has 0 amide bonds. The normalized spacial score (nSPS) is 9.36. The Kier molecular flexibility index (Phi) is 3.28. The zero-order valence-corrected chi connectivity index (χ0v) is 8.33. The molecule has 5 heteroatoms. The van der Waals surface area contributed by atoms with E-state index in [2.05, 4.69) is 0 Å². The van der Waals surface area contributed by atoms with Crippen molar-refractivity contribution in [2.75, 3.05) is 21.3 Å². The highest BCUT2D eigenvalue weighted by Crippen LogP contribution is 2.34. The molecule has 76 valence electrons. The Bertz CT molecular complexity index is 314. The second-order valence-corrected chi connectivity index (χ2v) is 2.52. The van der Waals surface area contributed by atoms with Crippen LogP contribution in [0.5, 0.6) is 17.2 Å². The van der Waals surface area contributed by atoms with Crippen LogP contribution >= 0.6 is 0 Å². The molecule has 0 spiro atoms. The van der Waals surface area contributed by atoms with Gasteiger partial charge in [0.25, 0.3) is 5.69 Å². The van der Waals surface area contributed by atoms with Crippen LogP contribution in [0.25, 0.3) is 5.53 Å². The fraction of sp³-hybridized carbons (Fsp3) is 0.333. The molecule has 1 N–H and O–H groups in total. The highest BCUT2D eigenvalue weighted by atomic mass is 16.5. The van der Waals surface area contributed by atoms with E-state index in [1.54, 1.807) is 19.2 Å². The molecule has 0 aliphatic heterocycles. The maximum absolute atomic E-state index is 8.87. The van der Waals surface area contributed by atoms with Crippen LogP contribution in [0.2, 0.25) is 0 Å². The highest BCUT2D eigenvalue weighted by Gasteiger charge is 2.15. The van der Waals surface area contributed by atoms with Crippen molar-refractivity contribution < 1.29 is 19.3 Å². The van der Waals surface area contributed by atoms with Gasteiger partial charge in [0.1, 0.15) is 5.75 Å². The molecule has 1 aromatic carbocycles. The smallest absolute Gasteiger partial charge is 0.277 e. The van der Waals surface area contributed by atoms with Crippen molar-refractivity contribution in [1.82, 2.24) is 0 Å². The summed E-state index contributed by atoms with van der Waals surface area (Å²) in [5, 5.41) is 2.01. The van der Waals surface area contributed by atoms with Crippen molar-refractivity contribution in [3.63, 3.8) is 0 Å². The topological polar surface area (TPSA) is 64.0 Å². The van der Waals surface area contributed by atoms with Crippen molar-refractivity contribution in [2.24, 2.45) is 0 Å². The summed E-state index contributed by atoms with van der Waals surface area (Å²) in [4.78, 5) is 0. The van der Waals surface area contributed by atoms with Gasteiger partial charge < -0.3 is 19.7 Å². The number of rotatable bonds is 4. The zero-order valence-electron chi connectivity index (χ0n) is 8.33. The van der Waals surface area contributed by atoms with E-state index < -0.39 is 0 Å². The minimum atomic E-state index is 0.371. The summed E-state index contributed by atoms with van der Waals surface area (Å²) in [6.07, 6.45) is 0. The van der Waals surface area contributed by atoms with E-state index >= 15 is 0 Å². The number of hydrogen-bond acceptors (Lipinski definition) is 3. The molecule has 0 bridgehead atoms. The van der Waals surface area contributed by atoms with Crippen LogP contribution in [0.4, 0.5) is 5.69 Å². The minimum absolute atomic E-state index is 0.371. The Morgan fingerprint density at radius 1 is 1.00 bits per heavy atom. The molecule has 14 heavy (non-hydrogen) atoms. The van der Waals surface area contributed by atoms with Gasteiger partial charge in [-0.1, -0.05) is 0 Å². The maximum atomic E-state index is 8.87. The molecule has 0 aliphatic carbocycles. The summed E-state index contributed by atoms with van der Waals surface area (Å²) in [6.45, 7) is 0. The van der Waals surface area contributed by atoms with Gasteiger partial charge in [-0.25, -0.2) is 0 Å². The molecule has 0 aliphatic rings. The molecule has 0 saturated heterocycles. The average molecular weight is 196 g/mol. The molecule has 0 radical (unpaired) electrons. The first-order valence-corrected chi connectivity index (χ1v) is 3.97. The molecular weight excluding hydrogens is 184 g/mol. The number of hydrogen-bond donors (Lipinski definition) is 1. The Morgan fingerprint density at radius 2 is 1.50 bits per heavy atom.